The molecule has 2 unspecified atom stereocenters. The van der Waals surface area contributed by atoms with Crippen LogP contribution in [0.3, 0.4) is 0 Å². The number of halogens is 1. The Morgan fingerprint density at radius 1 is 1.00 bits per heavy atom. The summed E-state index contributed by atoms with van der Waals surface area (Å²) in [7, 11) is 0. The van der Waals surface area contributed by atoms with Crippen molar-refractivity contribution in [2.45, 2.75) is 32.2 Å². The zero-order valence-corrected chi connectivity index (χ0v) is 16.7. The van der Waals surface area contributed by atoms with Crippen LogP contribution in [-0.4, -0.2) is 65.1 Å². The summed E-state index contributed by atoms with van der Waals surface area (Å²) in [5.41, 5.74) is 1.16. The maximum Gasteiger partial charge on any atom is 0.242 e. The number of carbonyl (C=O) groups excluding carboxylic acids is 3. The molecule has 0 bridgehead atoms. The van der Waals surface area contributed by atoms with Crippen LogP contribution in [0.5, 0.6) is 0 Å². The van der Waals surface area contributed by atoms with Gasteiger partial charge in [0.05, 0.1) is 11.8 Å². The fourth-order valence-corrected chi connectivity index (χ4v) is 4.88. The van der Waals surface area contributed by atoms with Gasteiger partial charge in [-0.3, -0.25) is 24.2 Å². The van der Waals surface area contributed by atoms with Crippen molar-refractivity contribution < 1.29 is 14.4 Å². The molecule has 1 aliphatic carbocycles. The van der Waals surface area contributed by atoms with Crippen molar-refractivity contribution in [1.29, 1.82) is 0 Å². The minimum atomic E-state index is -0.191. The van der Waals surface area contributed by atoms with Gasteiger partial charge >= 0.3 is 0 Å². The van der Waals surface area contributed by atoms with E-state index in [9.17, 15) is 14.4 Å². The third-order valence-corrected chi connectivity index (χ3v) is 6.48. The number of amides is 3. The molecule has 6 nitrogen and oxygen atoms in total. The van der Waals surface area contributed by atoms with E-state index in [0.717, 1.165) is 55.9 Å². The zero-order valence-electron chi connectivity index (χ0n) is 16.0. The van der Waals surface area contributed by atoms with Crippen molar-refractivity contribution >= 4 is 29.3 Å². The van der Waals surface area contributed by atoms with E-state index in [1.165, 1.54) is 4.90 Å². The molecular weight excluding hydrogens is 378 g/mol. The van der Waals surface area contributed by atoms with Gasteiger partial charge in [-0.2, -0.15) is 0 Å². The lowest BCUT2D eigenvalue weighted by molar-refractivity contribution is -0.147. The number of carbonyl (C=O) groups is 3. The Labute approximate surface area is 170 Å². The predicted molar refractivity (Wildman–Crippen MR) is 105 cm³/mol. The lowest BCUT2D eigenvalue weighted by Gasteiger charge is -2.35. The smallest absolute Gasteiger partial charge is 0.242 e. The van der Waals surface area contributed by atoms with Gasteiger partial charge in [0.2, 0.25) is 17.7 Å². The molecule has 1 saturated carbocycles. The molecule has 0 aromatic heterocycles. The van der Waals surface area contributed by atoms with Crippen LogP contribution in [0.1, 0.15) is 31.2 Å². The van der Waals surface area contributed by atoms with Crippen LogP contribution in [-0.2, 0) is 20.9 Å². The van der Waals surface area contributed by atoms with Gasteiger partial charge in [-0.1, -0.05) is 36.6 Å². The molecule has 1 aromatic carbocycles. The Morgan fingerprint density at radius 2 is 1.64 bits per heavy atom. The average Bonchev–Trinajstić information content (AvgIpc) is 2.94. The summed E-state index contributed by atoms with van der Waals surface area (Å²) < 4.78 is 0. The number of fused-ring (bicyclic) bond motifs is 1. The molecule has 0 N–H and O–H groups in total. The second-order valence-electron chi connectivity index (χ2n) is 8.05. The Balaban J connectivity index is 1.29. The van der Waals surface area contributed by atoms with E-state index < -0.39 is 0 Å². The molecular formula is C21H26ClN3O3. The van der Waals surface area contributed by atoms with Gasteiger partial charge in [0.15, 0.2) is 0 Å². The van der Waals surface area contributed by atoms with Crippen molar-refractivity contribution in [2.24, 2.45) is 11.8 Å². The van der Waals surface area contributed by atoms with Crippen molar-refractivity contribution in [3.63, 3.8) is 0 Å². The van der Waals surface area contributed by atoms with Crippen molar-refractivity contribution in [2.75, 3.05) is 32.7 Å². The summed E-state index contributed by atoms with van der Waals surface area (Å²) >= 11 is 6.05. The number of likely N-dealkylation sites (tertiary alicyclic amines) is 1. The lowest BCUT2D eigenvalue weighted by Crippen LogP contribution is -2.51. The SMILES string of the molecule is O=C(CN1C(=O)C2CCCCC2C1=O)N1CCN(Cc2cccc(Cl)c2)CC1. The normalized spacial score (nSPS) is 25.9. The molecule has 3 fully saturated rings. The van der Waals surface area contributed by atoms with E-state index in [1.54, 1.807) is 4.90 Å². The van der Waals surface area contributed by atoms with Crippen molar-refractivity contribution in [3.8, 4) is 0 Å². The second kappa shape index (κ2) is 8.21. The molecule has 2 heterocycles. The first kappa shape index (κ1) is 19.4. The number of nitrogens with zero attached hydrogens (tertiary/aromatic N) is 3. The van der Waals surface area contributed by atoms with Gasteiger partial charge in [-0.15, -0.1) is 0 Å². The fraction of sp³-hybridized carbons (Fsp3) is 0.571. The van der Waals surface area contributed by atoms with E-state index in [4.69, 9.17) is 11.6 Å². The monoisotopic (exact) mass is 403 g/mol. The summed E-state index contributed by atoms with van der Waals surface area (Å²) in [5, 5.41) is 0.729. The Kier molecular flexibility index (Phi) is 5.69. The van der Waals surface area contributed by atoms with Gasteiger partial charge < -0.3 is 4.90 Å². The summed E-state index contributed by atoms with van der Waals surface area (Å²) in [6.07, 6.45) is 3.55. The van der Waals surface area contributed by atoms with Crippen LogP contribution >= 0.6 is 11.6 Å². The first-order valence-electron chi connectivity index (χ1n) is 10.1. The highest BCUT2D eigenvalue weighted by Crippen LogP contribution is 2.37. The Bertz CT molecular complexity index is 752. The summed E-state index contributed by atoms with van der Waals surface area (Å²) in [4.78, 5) is 43.1. The Hall–Kier alpha value is -1.92. The number of rotatable bonds is 4. The summed E-state index contributed by atoms with van der Waals surface area (Å²) in [5.74, 6) is -0.778. The van der Waals surface area contributed by atoms with E-state index in [2.05, 4.69) is 4.90 Å². The first-order chi connectivity index (χ1) is 13.5. The number of hydrogen-bond donors (Lipinski definition) is 0. The highest BCUT2D eigenvalue weighted by molar-refractivity contribution is 6.30. The van der Waals surface area contributed by atoms with Crippen LogP contribution in [0.15, 0.2) is 24.3 Å². The van der Waals surface area contributed by atoms with E-state index in [-0.39, 0.29) is 36.1 Å². The highest BCUT2D eigenvalue weighted by atomic mass is 35.5. The molecule has 2 aliphatic heterocycles. The van der Waals surface area contributed by atoms with E-state index >= 15 is 0 Å². The van der Waals surface area contributed by atoms with Gasteiger partial charge in [0.25, 0.3) is 0 Å². The fourth-order valence-electron chi connectivity index (χ4n) is 4.67. The standard InChI is InChI=1S/C21H26ClN3O3/c22-16-5-3-4-15(12-16)13-23-8-10-24(11-9-23)19(26)14-25-20(27)17-6-1-2-7-18(17)21(25)28/h3-5,12,17-18H,1-2,6-11,13-14H2. The molecule has 4 rings (SSSR count). The zero-order chi connectivity index (χ0) is 19.7. The first-order valence-corrected chi connectivity index (χ1v) is 10.5. The van der Waals surface area contributed by atoms with Crippen LogP contribution < -0.4 is 0 Å². The molecule has 0 spiro atoms. The van der Waals surface area contributed by atoms with E-state index in [0.29, 0.717) is 13.1 Å². The molecule has 150 valence electrons. The largest absolute Gasteiger partial charge is 0.339 e. The summed E-state index contributed by atoms with van der Waals surface area (Å²) in [6.45, 7) is 3.47. The van der Waals surface area contributed by atoms with Crippen LogP contribution in [0.4, 0.5) is 0 Å². The molecule has 3 aliphatic rings. The highest BCUT2D eigenvalue weighted by Gasteiger charge is 2.48. The molecule has 7 heteroatoms. The van der Waals surface area contributed by atoms with Gasteiger partial charge in [0, 0.05) is 37.7 Å². The van der Waals surface area contributed by atoms with Gasteiger partial charge in [-0.25, -0.2) is 0 Å². The van der Waals surface area contributed by atoms with Gasteiger partial charge in [-0.05, 0) is 30.5 Å². The minimum Gasteiger partial charge on any atom is -0.339 e. The van der Waals surface area contributed by atoms with Crippen LogP contribution in [0, 0.1) is 11.8 Å². The molecule has 0 radical (unpaired) electrons. The van der Waals surface area contributed by atoms with Crippen LogP contribution in [0.2, 0.25) is 5.02 Å². The number of benzene rings is 1. The average molecular weight is 404 g/mol. The lowest BCUT2D eigenvalue weighted by atomic mass is 9.81. The molecule has 2 saturated heterocycles. The summed E-state index contributed by atoms with van der Waals surface area (Å²) in [6, 6.07) is 7.81. The number of piperazine rings is 1. The number of imide groups is 1. The maximum absolute atomic E-state index is 12.7. The third-order valence-electron chi connectivity index (χ3n) is 6.25. The topological polar surface area (TPSA) is 60.9 Å². The van der Waals surface area contributed by atoms with Crippen LogP contribution in [0.25, 0.3) is 0 Å². The quantitative estimate of drug-likeness (QED) is 0.723. The predicted octanol–water partition coefficient (Wildman–Crippen LogP) is 2.16. The van der Waals surface area contributed by atoms with Crippen molar-refractivity contribution in [3.05, 3.63) is 34.9 Å². The van der Waals surface area contributed by atoms with Crippen molar-refractivity contribution in [1.82, 2.24) is 14.7 Å². The van der Waals surface area contributed by atoms with E-state index in [1.807, 2.05) is 24.3 Å². The molecule has 2 atom stereocenters. The molecule has 28 heavy (non-hydrogen) atoms. The third kappa shape index (κ3) is 3.94. The Morgan fingerprint density at radius 3 is 2.25 bits per heavy atom. The number of hydrogen-bond acceptors (Lipinski definition) is 4. The second-order valence-corrected chi connectivity index (χ2v) is 8.48. The maximum atomic E-state index is 12.7. The molecule has 1 aromatic rings. The minimum absolute atomic E-state index is 0.0983. The molecule has 3 amide bonds. The van der Waals surface area contributed by atoms with Gasteiger partial charge in [0.1, 0.15) is 6.54 Å².